The molecule has 1 aliphatic heterocycles. The van der Waals surface area contributed by atoms with Crippen LogP contribution in [0.1, 0.15) is 31.9 Å². The van der Waals surface area contributed by atoms with Gasteiger partial charge in [-0.15, -0.1) is 0 Å². The second-order valence-corrected chi connectivity index (χ2v) is 5.24. The minimum absolute atomic E-state index is 0.0496. The fraction of sp³-hybridized carbons (Fsp3) is 0.462. The molecule has 0 radical (unpaired) electrons. The number of hydrogen-bond donors (Lipinski definition) is 0. The van der Waals surface area contributed by atoms with Gasteiger partial charge in [0, 0.05) is 0 Å². The van der Waals surface area contributed by atoms with E-state index >= 15 is 0 Å². The Labute approximate surface area is 115 Å². The van der Waals surface area contributed by atoms with E-state index in [4.69, 9.17) is 14.6 Å². The molecule has 106 valence electrons. The topological polar surface area (TPSA) is 42.2 Å². The first-order valence-corrected chi connectivity index (χ1v) is 6.09. The summed E-state index contributed by atoms with van der Waals surface area (Å²) in [7, 11) is -1.08. The van der Waals surface area contributed by atoms with Crippen molar-refractivity contribution in [3.8, 4) is 6.07 Å². The van der Waals surface area contributed by atoms with Crippen LogP contribution in [0.2, 0.25) is 0 Å². The van der Waals surface area contributed by atoms with Crippen molar-refractivity contribution in [2.24, 2.45) is 0 Å². The SMILES string of the molecule is CC1OB(c2ccc(C#N)cc2C(F)(F)F)OC1(C)C. The molecule has 1 fully saturated rings. The van der Waals surface area contributed by atoms with Crippen molar-refractivity contribution in [2.75, 3.05) is 0 Å². The molecule has 1 heterocycles. The Morgan fingerprint density at radius 3 is 2.45 bits per heavy atom. The largest absolute Gasteiger partial charge is 0.495 e. The Morgan fingerprint density at radius 2 is 2.00 bits per heavy atom. The van der Waals surface area contributed by atoms with Gasteiger partial charge in [-0.2, -0.15) is 18.4 Å². The number of benzene rings is 1. The highest BCUT2D eigenvalue weighted by Crippen LogP contribution is 2.32. The molecule has 7 heteroatoms. The fourth-order valence-corrected chi connectivity index (χ4v) is 1.96. The first kappa shape index (κ1) is 14.9. The van der Waals surface area contributed by atoms with Crippen molar-refractivity contribution in [1.29, 1.82) is 5.26 Å². The number of alkyl halides is 3. The van der Waals surface area contributed by atoms with E-state index in [2.05, 4.69) is 0 Å². The number of nitriles is 1. The molecule has 0 bridgehead atoms. The Kier molecular flexibility index (Phi) is 3.57. The summed E-state index contributed by atoms with van der Waals surface area (Å²) in [5.41, 5.74) is -1.71. The van der Waals surface area contributed by atoms with Crippen molar-refractivity contribution in [3.63, 3.8) is 0 Å². The van der Waals surface area contributed by atoms with Gasteiger partial charge < -0.3 is 9.31 Å². The summed E-state index contributed by atoms with van der Waals surface area (Å²) in [6.07, 6.45) is -4.89. The number of hydrogen-bond acceptors (Lipinski definition) is 3. The van der Waals surface area contributed by atoms with Gasteiger partial charge in [0.05, 0.1) is 28.9 Å². The van der Waals surface area contributed by atoms with Crippen molar-refractivity contribution >= 4 is 12.6 Å². The molecular formula is C13H13BF3NO2. The van der Waals surface area contributed by atoms with Crippen LogP contribution < -0.4 is 5.46 Å². The maximum absolute atomic E-state index is 13.1. The zero-order valence-corrected chi connectivity index (χ0v) is 11.3. The van der Waals surface area contributed by atoms with E-state index in [-0.39, 0.29) is 17.1 Å². The summed E-state index contributed by atoms with van der Waals surface area (Å²) in [6, 6.07) is 5.08. The maximum atomic E-state index is 13.1. The van der Waals surface area contributed by atoms with Gasteiger partial charge in [-0.25, -0.2) is 0 Å². The van der Waals surface area contributed by atoms with E-state index in [9.17, 15) is 13.2 Å². The normalized spacial score (nSPS) is 21.9. The predicted molar refractivity (Wildman–Crippen MR) is 67.3 cm³/mol. The van der Waals surface area contributed by atoms with Gasteiger partial charge in [-0.05, 0) is 38.4 Å². The lowest BCUT2D eigenvalue weighted by Gasteiger charge is -2.21. The third-order valence-corrected chi connectivity index (χ3v) is 3.46. The van der Waals surface area contributed by atoms with E-state index < -0.39 is 24.5 Å². The van der Waals surface area contributed by atoms with Crippen LogP contribution in [-0.2, 0) is 15.5 Å². The third-order valence-electron chi connectivity index (χ3n) is 3.46. The standard InChI is InChI=1S/C13H13BF3NO2/c1-8-12(2,3)20-14(19-8)11-5-4-9(7-18)6-10(11)13(15,16)17/h4-6,8H,1-3H3. The van der Waals surface area contributed by atoms with Crippen LogP contribution in [0.25, 0.3) is 0 Å². The molecule has 20 heavy (non-hydrogen) atoms. The van der Waals surface area contributed by atoms with Crippen LogP contribution >= 0.6 is 0 Å². The molecule has 1 atom stereocenters. The lowest BCUT2D eigenvalue weighted by molar-refractivity contribution is -0.136. The lowest BCUT2D eigenvalue weighted by atomic mass is 9.75. The van der Waals surface area contributed by atoms with E-state index in [1.54, 1.807) is 26.8 Å². The van der Waals surface area contributed by atoms with E-state index in [1.807, 2.05) is 0 Å². The molecule has 0 spiro atoms. The highest BCUT2D eigenvalue weighted by molar-refractivity contribution is 6.62. The fourth-order valence-electron chi connectivity index (χ4n) is 1.96. The molecule has 0 aromatic heterocycles. The molecule has 0 aliphatic carbocycles. The summed E-state index contributed by atoms with van der Waals surface area (Å²) in [6.45, 7) is 5.26. The summed E-state index contributed by atoms with van der Waals surface area (Å²) in [4.78, 5) is 0. The Balaban J connectivity index is 2.46. The van der Waals surface area contributed by atoms with Gasteiger partial charge in [0.25, 0.3) is 0 Å². The molecule has 0 N–H and O–H groups in total. The smallest absolute Gasteiger partial charge is 0.402 e. The van der Waals surface area contributed by atoms with Gasteiger partial charge >= 0.3 is 13.3 Å². The second-order valence-electron chi connectivity index (χ2n) is 5.24. The second kappa shape index (κ2) is 4.79. The molecule has 1 aromatic carbocycles. The van der Waals surface area contributed by atoms with Gasteiger partial charge in [-0.3, -0.25) is 0 Å². The van der Waals surface area contributed by atoms with Gasteiger partial charge in [0.1, 0.15) is 0 Å². The summed E-state index contributed by atoms with van der Waals surface area (Å²) >= 11 is 0. The molecule has 1 aliphatic rings. The Bertz CT molecular complexity index is 566. The van der Waals surface area contributed by atoms with Crippen molar-refractivity contribution in [3.05, 3.63) is 29.3 Å². The number of rotatable bonds is 1. The molecule has 0 saturated carbocycles. The van der Waals surface area contributed by atoms with Crippen molar-refractivity contribution in [1.82, 2.24) is 0 Å². The average Bonchev–Trinajstić information content (AvgIpc) is 2.62. The highest BCUT2D eigenvalue weighted by Gasteiger charge is 2.47. The summed E-state index contributed by atoms with van der Waals surface area (Å²) in [5, 5.41) is 8.73. The van der Waals surface area contributed by atoms with E-state index in [0.29, 0.717) is 0 Å². The minimum atomic E-state index is -4.56. The van der Waals surface area contributed by atoms with Crippen LogP contribution in [-0.4, -0.2) is 18.8 Å². The van der Waals surface area contributed by atoms with Crippen LogP contribution in [0.5, 0.6) is 0 Å². The molecule has 1 saturated heterocycles. The van der Waals surface area contributed by atoms with Crippen molar-refractivity contribution in [2.45, 2.75) is 38.7 Å². The van der Waals surface area contributed by atoms with Crippen LogP contribution in [0, 0.1) is 11.3 Å². The van der Waals surface area contributed by atoms with Crippen molar-refractivity contribution < 1.29 is 22.5 Å². The zero-order chi connectivity index (χ0) is 15.1. The average molecular weight is 283 g/mol. The third kappa shape index (κ3) is 2.67. The molecule has 3 nitrogen and oxygen atoms in total. The zero-order valence-electron chi connectivity index (χ0n) is 11.3. The summed E-state index contributed by atoms with van der Waals surface area (Å²) < 4.78 is 50.3. The highest BCUT2D eigenvalue weighted by atomic mass is 19.4. The maximum Gasteiger partial charge on any atom is 0.495 e. The predicted octanol–water partition coefficient (Wildman–Crippen LogP) is 2.49. The minimum Gasteiger partial charge on any atom is -0.402 e. The van der Waals surface area contributed by atoms with Crippen LogP contribution in [0.4, 0.5) is 13.2 Å². The van der Waals surface area contributed by atoms with Crippen LogP contribution in [0.15, 0.2) is 18.2 Å². The Hall–Kier alpha value is -1.52. The number of nitrogens with zero attached hydrogens (tertiary/aromatic N) is 1. The summed E-state index contributed by atoms with van der Waals surface area (Å²) in [5.74, 6) is 0. The molecule has 2 rings (SSSR count). The van der Waals surface area contributed by atoms with Gasteiger partial charge in [0.2, 0.25) is 0 Å². The molecule has 1 unspecified atom stereocenters. The quantitative estimate of drug-likeness (QED) is 0.744. The molecule has 1 aromatic rings. The van der Waals surface area contributed by atoms with Gasteiger partial charge in [0.15, 0.2) is 0 Å². The monoisotopic (exact) mass is 283 g/mol. The first-order valence-electron chi connectivity index (χ1n) is 6.09. The van der Waals surface area contributed by atoms with Crippen LogP contribution in [0.3, 0.4) is 0 Å². The Morgan fingerprint density at radius 1 is 1.35 bits per heavy atom. The first-order chi connectivity index (χ1) is 9.15. The van der Waals surface area contributed by atoms with Gasteiger partial charge in [-0.1, -0.05) is 6.07 Å². The molecule has 0 amide bonds. The van der Waals surface area contributed by atoms with E-state index in [0.717, 1.165) is 6.07 Å². The number of halogens is 3. The lowest BCUT2D eigenvalue weighted by Crippen LogP contribution is -2.39. The van der Waals surface area contributed by atoms with E-state index in [1.165, 1.54) is 12.1 Å². The molecular weight excluding hydrogens is 270 g/mol.